The second kappa shape index (κ2) is 5.05. The molecule has 5 nitrogen and oxygen atoms in total. The summed E-state index contributed by atoms with van der Waals surface area (Å²) in [5.41, 5.74) is -0.584. The minimum absolute atomic E-state index is 0.444. The number of hydrogen-bond acceptors (Lipinski definition) is 6. The molecule has 0 aromatic rings. The van der Waals surface area contributed by atoms with Gasteiger partial charge in [0.15, 0.2) is 17.7 Å². The van der Waals surface area contributed by atoms with E-state index in [0.29, 0.717) is 5.17 Å². The summed E-state index contributed by atoms with van der Waals surface area (Å²) in [7, 11) is 1.65. The lowest BCUT2D eigenvalue weighted by Gasteiger charge is -2.37. The number of halogens is 2. The van der Waals surface area contributed by atoms with Gasteiger partial charge in [-0.05, 0) is 0 Å². The fourth-order valence-electron chi connectivity index (χ4n) is 1.91. The summed E-state index contributed by atoms with van der Waals surface area (Å²) >= 11 is 1.19. The predicted molar refractivity (Wildman–Crippen MR) is 59.2 cm³/mol. The van der Waals surface area contributed by atoms with Crippen LogP contribution < -0.4 is 5.32 Å². The number of aliphatic hydroxyl groups is 2. The lowest BCUT2D eigenvalue weighted by molar-refractivity contribution is -0.151. The van der Waals surface area contributed by atoms with Crippen LogP contribution in [0.15, 0.2) is 4.99 Å². The second-order valence-electron chi connectivity index (χ2n) is 3.94. The van der Waals surface area contributed by atoms with Gasteiger partial charge in [-0.3, -0.25) is 4.99 Å². The van der Waals surface area contributed by atoms with Gasteiger partial charge in [0.05, 0.1) is 6.10 Å². The SMILES string of the molecule is CNC1=N[C@@H]2[C@H](F)[C@H](O)[C@@H](C[C@H](O)F)O[C@@H]2S1. The number of alkyl halides is 2. The van der Waals surface area contributed by atoms with Crippen molar-refractivity contribution in [2.75, 3.05) is 7.05 Å². The molecule has 0 radical (unpaired) electrons. The zero-order valence-electron chi connectivity index (χ0n) is 9.09. The summed E-state index contributed by atoms with van der Waals surface area (Å²) < 4.78 is 31.7. The van der Waals surface area contributed by atoms with Crippen molar-refractivity contribution >= 4 is 16.9 Å². The van der Waals surface area contributed by atoms with Gasteiger partial charge in [0, 0.05) is 13.5 Å². The summed E-state index contributed by atoms with van der Waals surface area (Å²) in [6, 6.07) is -0.787. The van der Waals surface area contributed by atoms with E-state index in [9.17, 15) is 13.9 Å². The Morgan fingerprint density at radius 2 is 2.35 bits per heavy atom. The quantitative estimate of drug-likeness (QED) is 0.645. The zero-order chi connectivity index (χ0) is 12.6. The zero-order valence-corrected chi connectivity index (χ0v) is 9.90. The molecule has 2 heterocycles. The fraction of sp³-hybridized carbons (Fsp3) is 0.889. The molecule has 1 saturated heterocycles. The maximum Gasteiger partial charge on any atom is 0.198 e. The van der Waals surface area contributed by atoms with Gasteiger partial charge in [-0.15, -0.1) is 0 Å². The number of aliphatic hydroxyl groups excluding tert-OH is 2. The van der Waals surface area contributed by atoms with Gasteiger partial charge in [0.2, 0.25) is 0 Å². The Labute approximate surface area is 101 Å². The highest BCUT2D eigenvalue weighted by atomic mass is 32.2. The fourth-order valence-corrected chi connectivity index (χ4v) is 2.98. The van der Waals surface area contributed by atoms with Crippen LogP contribution in [0.4, 0.5) is 8.78 Å². The van der Waals surface area contributed by atoms with E-state index in [1.54, 1.807) is 7.05 Å². The average molecular weight is 268 g/mol. The molecule has 1 fully saturated rings. The molecule has 3 N–H and O–H groups in total. The number of rotatable bonds is 2. The van der Waals surface area contributed by atoms with Crippen molar-refractivity contribution in [2.45, 2.75) is 42.6 Å². The number of thioether (sulfide) groups is 1. The first-order valence-electron chi connectivity index (χ1n) is 5.25. The van der Waals surface area contributed by atoms with Gasteiger partial charge in [-0.25, -0.2) is 8.78 Å². The third-order valence-electron chi connectivity index (χ3n) is 2.76. The van der Waals surface area contributed by atoms with E-state index in [2.05, 4.69) is 10.3 Å². The molecule has 8 heteroatoms. The number of nitrogens with one attached hydrogen (secondary N) is 1. The summed E-state index contributed by atoms with van der Waals surface area (Å²) in [6.45, 7) is 0. The van der Waals surface area contributed by atoms with Gasteiger partial charge in [0.25, 0.3) is 0 Å². The molecule has 2 rings (SSSR count). The molecule has 17 heavy (non-hydrogen) atoms. The van der Waals surface area contributed by atoms with E-state index in [0.717, 1.165) is 0 Å². The first-order valence-corrected chi connectivity index (χ1v) is 6.13. The highest BCUT2D eigenvalue weighted by Gasteiger charge is 2.49. The molecule has 6 atom stereocenters. The molecular formula is C9H14F2N2O3S. The number of hydrogen-bond donors (Lipinski definition) is 3. The largest absolute Gasteiger partial charge is 0.387 e. The number of amidine groups is 1. The highest BCUT2D eigenvalue weighted by molar-refractivity contribution is 8.14. The lowest BCUT2D eigenvalue weighted by atomic mass is 9.97. The van der Waals surface area contributed by atoms with Gasteiger partial charge >= 0.3 is 0 Å². The molecule has 98 valence electrons. The van der Waals surface area contributed by atoms with E-state index < -0.39 is 42.6 Å². The molecule has 0 aromatic heterocycles. The van der Waals surface area contributed by atoms with Crippen molar-refractivity contribution in [1.82, 2.24) is 5.32 Å². The molecule has 2 aliphatic heterocycles. The van der Waals surface area contributed by atoms with Crippen LogP contribution in [0.1, 0.15) is 6.42 Å². The minimum atomic E-state index is -2.13. The summed E-state index contributed by atoms with van der Waals surface area (Å²) in [5.74, 6) is 0. The van der Waals surface area contributed by atoms with Crippen LogP contribution in [0.25, 0.3) is 0 Å². The van der Waals surface area contributed by atoms with Crippen molar-refractivity contribution in [3.8, 4) is 0 Å². The Bertz CT molecular complexity index is 319. The average Bonchev–Trinajstić information content (AvgIpc) is 2.68. The third-order valence-corrected chi connectivity index (χ3v) is 3.91. The number of nitrogens with zero attached hydrogens (tertiary/aromatic N) is 1. The molecule has 2 aliphatic rings. The summed E-state index contributed by atoms with van der Waals surface area (Å²) in [6.07, 6.45) is -6.71. The smallest absolute Gasteiger partial charge is 0.198 e. The topological polar surface area (TPSA) is 74.1 Å². The van der Waals surface area contributed by atoms with E-state index in [4.69, 9.17) is 9.84 Å². The Hall–Kier alpha value is -0.440. The maximum absolute atomic E-state index is 13.9. The monoisotopic (exact) mass is 268 g/mol. The molecule has 0 aliphatic carbocycles. The van der Waals surface area contributed by atoms with E-state index in [1.807, 2.05) is 0 Å². The van der Waals surface area contributed by atoms with Crippen LogP contribution in [-0.4, -0.2) is 58.6 Å². The van der Waals surface area contributed by atoms with Crippen LogP contribution in [0.5, 0.6) is 0 Å². The molecule has 0 unspecified atom stereocenters. The molecule has 0 spiro atoms. The minimum Gasteiger partial charge on any atom is -0.387 e. The van der Waals surface area contributed by atoms with Gasteiger partial charge < -0.3 is 20.3 Å². The molecule has 0 amide bonds. The van der Waals surface area contributed by atoms with Crippen LogP contribution in [0.2, 0.25) is 0 Å². The normalized spacial score (nSPS) is 42.9. The van der Waals surface area contributed by atoms with Crippen LogP contribution >= 0.6 is 11.8 Å². The van der Waals surface area contributed by atoms with Crippen molar-refractivity contribution in [3.63, 3.8) is 0 Å². The number of fused-ring (bicyclic) bond motifs is 1. The molecular weight excluding hydrogens is 254 g/mol. The Kier molecular flexibility index (Phi) is 3.86. The van der Waals surface area contributed by atoms with Gasteiger partial charge in [-0.1, -0.05) is 11.8 Å². The second-order valence-corrected chi connectivity index (χ2v) is 5.03. The Morgan fingerprint density at radius 3 is 2.94 bits per heavy atom. The highest BCUT2D eigenvalue weighted by Crippen LogP contribution is 2.38. The molecule has 0 bridgehead atoms. The van der Waals surface area contributed by atoms with Crippen molar-refractivity contribution < 1.29 is 23.7 Å². The van der Waals surface area contributed by atoms with E-state index in [-0.39, 0.29) is 0 Å². The van der Waals surface area contributed by atoms with Crippen molar-refractivity contribution in [3.05, 3.63) is 0 Å². The van der Waals surface area contributed by atoms with Crippen LogP contribution in [0.3, 0.4) is 0 Å². The first kappa shape index (κ1) is 13.0. The maximum atomic E-state index is 13.9. The number of ether oxygens (including phenoxy) is 1. The predicted octanol–water partition coefficient (Wildman–Crippen LogP) is -0.221. The van der Waals surface area contributed by atoms with E-state index in [1.165, 1.54) is 11.8 Å². The Balaban J connectivity index is 2.07. The number of aliphatic imine (C=N–C) groups is 1. The van der Waals surface area contributed by atoms with Gasteiger partial charge in [-0.2, -0.15) is 0 Å². The van der Waals surface area contributed by atoms with Crippen molar-refractivity contribution in [2.24, 2.45) is 4.99 Å². The third kappa shape index (κ3) is 2.54. The van der Waals surface area contributed by atoms with Gasteiger partial charge in [0.1, 0.15) is 17.6 Å². The van der Waals surface area contributed by atoms with E-state index >= 15 is 0 Å². The van der Waals surface area contributed by atoms with Crippen molar-refractivity contribution in [1.29, 1.82) is 0 Å². The standard InChI is InChI=1S/C9H14F2N2O3S/c1-12-9-13-6-5(11)7(15)3(2-4(10)14)16-8(6)17-9/h3-8,14-15H,2H2,1H3,(H,12,13)/t3-,4+,5+,6-,7-,8-/m1/s1. The first-order chi connectivity index (χ1) is 8.02. The molecule has 0 aromatic carbocycles. The summed E-state index contributed by atoms with van der Waals surface area (Å²) in [5, 5.41) is 21.5. The van der Waals surface area contributed by atoms with Crippen LogP contribution in [0, 0.1) is 0 Å². The molecule has 0 saturated carbocycles. The van der Waals surface area contributed by atoms with Crippen LogP contribution in [-0.2, 0) is 4.74 Å². The summed E-state index contributed by atoms with van der Waals surface area (Å²) in [4.78, 5) is 4.03. The lowest BCUT2D eigenvalue weighted by Crippen LogP contribution is -2.53. The Morgan fingerprint density at radius 1 is 1.65 bits per heavy atom.